The number of carbonyl (C=O) groups excluding carboxylic acids is 1. The zero-order valence-electron chi connectivity index (χ0n) is 10.4. The van der Waals surface area contributed by atoms with Gasteiger partial charge in [-0.2, -0.15) is 0 Å². The molecule has 0 bridgehead atoms. The van der Waals surface area contributed by atoms with E-state index in [4.69, 9.17) is 5.11 Å². The summed E-state index contributed by atoms with van der Waals surface area (Å²) >= 11 is 0. The number of nitrogens with zero attached hydrogens (tertiary/aromatic N) is 2. The van der Waals surface area contributed by atoms with Gasteiger partial charge < -0.3 is 10.4 Å². The molecule has 0 atom stereocenters. The fraction of sp³-hybridized carbons (Fsp3) is 0. The van der Waals surface area contributed by atoms with E-state index in [0.717, 1.165) is 6.08 Å². The van der Waals surface area contributed by atoms with Gasteiger partial charge in [0.05, 0.1) is 11.3 Å². The third-order valence-electron chi connectivity index (χ3n) is 2.33. The number of rotatable bonds is 4. The van der Waals surface area contributed by atoms with Crippen LogP contribution < -0.4 is 5.32 Å². The Morgan fingerprint density at radius 1 is 1.20 bits per heavy atom. The summed E-state index contributed by atoms with van der Waals surface area (Å²) in [5, 5.41) is 11.2. The summed E-state index contributed by atoms with van der Waals surface area (Å²) in [5.74, 6) is -1.05. The molecule has 6 nitrogen and oxygen atoms in total. The molecule has 100 valence electrons. The van der Waals surface area contributed by atoms with E-state index in [1.807, 2.05) is 0 Å². The molecule has 0 saturated heterocycles. The third-order valence-corrected chi connectivity index (χ3v) is 2.33. The summed E-state index contributed by atoms with van der Waals surface area (Å²) in [6, 6.07) is 8.23. The second kappa shape index (κ2) is 6.24. The first kappa shape index (κ1) is 13.4. The van der Waals surface area contributed by atoms with E-state index in [9.17, 15) is 9.59 Å². The normalized spacial score (nSPS) is 10.4. The summed E-state index contributed by atoms with van der Waals surface area (Å²) < 4.78 is 0. The average molecular weight is 269 g/mol. The minimum atomic E-state index is -1.06. The van der Waals surface area contributed by atoms with Crippen molar-refractivity contribution >= 4 is 23.8 Å². The highest BCUT2D eigenvalue weighted by molar-refractivity contribution is 6.03. The molecule has 0 radical (unpaired) electrons. The van der Waals surface area contributed by atoms with Crippen LogP contribution in [-0.4, -0.2) is 27.0 Å². The Hall–Kier alpha value is -3.02. The van der Waals surface area contributed by atoms with Crippen LogP contribution >= 0.6 is 0 Å². The molecule has 2 aromatic rings. The molecular weight excluding hydrogens is 258 g/mol. The highest BCUT2D eigenvalue weighted by Gasteiger charge is 2.06. The minimum Gasteiger partial charge on any atom is -0.478 e. The molecule has 20 heavy (non-hydrogen) atoms. The van der Waals surface area contributed by atoms with Gasteiger partial charge in [-0.3, -0.25) is 9.78 Å². The maximum Gasteiger partial charge on any atom is 0.328 e. The molecule has 2 heterocycles. The Balaban J connectivity index is 2.12. The van der Waals surface area contributed by atoms with Gasteiger partial charge >= 0.3 is 5.97 Å². The lowest BCUT2D eigenvalue weighted by molar-refractivity contribution is -0.131. The van der Waals surface area contributed by atoms with Crippen LogP contribution in [0.4, 0.5) is 5.82 Å². The summed E-state index contributed by atoms with van der Waals surface area (Å²) in [5.41, 5.74) is 0.858. The first-order valence-corrected chi connectivity index (χ1v) is 5.74. The van der Waals surface area contributed by atoms with Crippen LogP contribution in [0.3, 0.4) is 0 Å². The van der Waals surface area contributed by atoms with Crippen molar-refractivity contribution in [3.05, 3.63) is 60.1 Å². The predicted octanol–water partition coefficient (Wildman–Crippen LogP) is 1.83. The van der Waals surface area contributed by atoms with E-state index in [0.29, 0.717) is 17.1 Å². The number of amides is 1. The lowest BCUT2D eigenvalue weighted by Crippen LogP contribution is -2.13. The van der Waals surface area contributed by atoms with Gasteiger partial charge in [0.1, 0.15) is 5.82 Å². The summed E-state index contributed by atoms with van der Waals surface area (Å²) in [6.45, 7) is 0. The van der Waals surface area contributed by atoms with Gasteiger partial charge in [0.15, 0.2) is 0 Å². The van der Waals surface area contributed by atoms with Gasteiger partial charge in [0, 0.05) is 18.5 Å². The Morgan fingerprint density at radius 2 is 2.05 bits per heavy atom. The fourth-order valence-electron chi connectivity index (χ4n) is 1.46. The molecule has 0 fully saturated rings. The molecule has 0 aliphatic rings. The number of anilines is 1. The van der Waals surface area contributed by atoms with Gasteiger partial charge in [-0.1, -0.05) is 6.07 Å². The van der Waals surface area contributed by atoms with E-state index in [1.54, 1.807) is 36.5 Å². The van der Waals surface area contributed by atoms with Crippen LogP contribution in [0.15, 0.2) is 48.8 Å². The maximum atomic E-state index is 11.9. The van der Waals surface area contributed by atoms with Crippen LogP contribution in [0.5, 0.6) is 0 Å². The predicted molar refractivity (Wildman–Crippen MR) is 73.1 cm³/mol. The summed E-state index contributed by atoms with van der Waals surface area (Å²) in [4.78, 5) is 30.3. The van der Waals surface area contributed by atoms with E-state index in [2.05, 4.69) is 15.3 Å². The van der Waals surface area contributed by atoms with Crippen molar-refractivity contribution < 1.29 is 14.7 Å². The molecule has 2 N–H and O–H groups in total. The minimum absolute atomic E-state index is 0.329. The van der Waals surface area contributed by atoms with E-state index in [-0.39, 0.29) is 5.91 Å². The molecule has 0 aliphatic heterocycles. The summed E-state index contributed by atoms with van der Waals surface area (Å²) in [7, 11) is 0. The molecule has 0 aromatic carbocycles. The fourth-order valence-corrected chi connectivity index (χ4v) is 1.46. The first-order chi connectivity index (χ1) is 9.65. The van der Waals surface area contributed by atoms with Gasteiger partial charge in [-0.15, -0.1) is 0 Å². The van der Waals surface area contributed by atoms with E-state index < -0.39 is 5.97 Å². The quantitative estimate of drug-likeness (QED) is 0.826. The standard InChI is InChI=1S/C14H11N3O3/c18-13(19)7-6-11-4-1-5-12(16-11)17-14(20)10-3-2-8-15-9-10/h1-9H,(H,18,19)(H,16,17,20). The number of aliphatic carboxylic acids is 1. The second-order valence-electron chi connectivity index (χ2n) is 3.82. The van der Waals surface area contributed by atoms with Gasteiger partial charge in [0.25, 0.3) is 5.91 Å². The third kappa shape index (κ3) is 3.74. The van der Waals surface area contributed by atoms with Crippen LogP contribution in [0.25, 0.3) is 6.08 Å². The zero-order chi connectivity index (χ0) is 14.4. The topological polar surface area (TPSA) is 92.2 Å². The number of aromatic nitrogens is 2. The highest BCUT2D eigenvalue weighted by Crippen LogP contribution is 2.08. The largest absolute Gasteiger partial charge is 0.478 e. The number of carboxylic acid groups (broad SMARTS) is 1. The Kier molecular flexibility index (Phi) is 4.18. The molecule has 0 unspecified atom stereocenters. The van der Waals surface area contributed by atoms with Crippen molar-refractivity contribution in [2.75, 3.05) is 5.32 Å². The smallest absolute Gasteiger partial charge is 0.328 e. The number of nitrogens with one attached hydrogen (secondary N) is 1. The van der Waals surface area contributed by atoms with E-state index >= 15 is 0 Å². The second-order valence-corrected chi connectivity index (χ2v) is 3.82. The monoisotopic (exact) mass is 269 g/mol. The number of hydrogen-bond acceptors (Lipinski definition) is 4. The zero-order valence-corrected chi connectivity index (χ0v) is 10.4. The average Bonchev–Trinajstić information content (AvgIpc) is 2.46. The first-order valence-electron chi connectivity index (χ1n) is 5.74. The molecule has 6 heteroatoms. The number of pyridine rings is 2. The molecule has 0 spiro atoms. The van der Waals surface area contributed by atoms with E-state index in [1.165, 1.54) is 12.3 Å². The van der Waals surface area contributed by atoms with Crippen molar-refractivity contribution in [3.8, 4) is 0 Å². The lowest BCUT2D eigenvalue weighted by atomic mass is 10.2. The lowest BCUT2D eigenvalue weighted by Gasteiger charge is -2.04. The van der Waals surface area contributed by atoms with Crippen molar-refractivity contribution in [1.29, 1.82) is 0 Å². The van der Waals surface area contributed by atoms with Gasteiger partial charge in [-0.05, 0) is 30.3 Å². The molecule has 0 aliphatic carbocycles. The Morgan fingerprint density at radius 3 is 2.75 bits per heavy atom. The van der Waals surface area contributed by atoms with Crippen LogP contribution in [0, 0.1) is 0 Å². The Bertz CT molecular complexity index is 654. The highest BCUT2D eigenvalue weighted by atomic mass is 16.4. The number of hydrogen-bond donors (Lipinski definition) is 2. The summed E-state index contributed by atoms with van der Waals surface area (Å²) in [6.07, 6.45) is 5.35. The van der Waals surface area contributed by atoms with Crippen LogP contribution in [-0.2, 0) is 4.79 Å². The molecule has 2 rings (SSSR count). The van der Waals surface area contributed by atoms with Gasteiger partial charge in [-0.25, -0.2) is 9.78 Å². The van der Waals surface area contributed by atoms with Crippen molar-refractivity contribution in [1.82, 2.24) is 9.97 Å². The van der Waals surface area contributed by atoms with Crippen LogP contribution in [0.2, 0.25) is 0 Å². The van der Waals surface area contributed by atoms with Crippen LogP contribution in [0.1, 0.15) is 16.1 Å². The number of carbonyl (C=O) groups is 2. The maximum absolute atomic E-state index is 11.9. The van der Waals surface area contributed by atoms with Crippen molar-refractivity contribution in [2.45, 2.75) is 0 Å². The Labute approximate surface area is 114 Å². The van der Waals surface area contributed by atoms with Gasteiger partial charge in [0.2, 0.25) is 0 Å². The SMILES string of the molecule is O=C(O)C=Cc1cccc(NC(=O)c2cccnc2)n1. The number of carboxylic acids is 1. The molecule has 2 aromatic heterocycles. The molecular formula is C14H11N3O3. The van der Waals surface area contributed by atoms with Crippen molar-refractivity contribution in [2.24, 2.45) is 0 Å². The molecule has 1 amide bonds. The van der Waals surface area contributed by atoms with Crippen molar-refractivity contribution in [3.63, 3.8) is 0 Å². The molecule has 0 saturated carbocycles.